The Labute approximate surface area is 217 Å². The van der Waals surface area contributed by atoms with Crippen LogP contribution in [0, 0.1) is 11.6 Å². The third-order valence-electron chi connectivity index (χ3n) is 5.20. The highest BCUT2D eigenvalue weighted by atomic mass is 19.2. The van der Waals surface area contributed by atoms with Gasteiger partial charge in [0.1, 0.15) is 12.1 Å². The zero-order valence-corrected chi connectivity index (χ0v) is 20.2. The molecule has 12 heteroatoms. The summed E-state index contributed by atoms with van der Waals surface area (Å²) in [5.74, 6) is -1.96. The number of benzene rings is 2. The van der Waals surface area contributed by atoms with Crippen molar-refractivity contribution in [3.63, 3.8) is 0 Å². The Balaban J connectivity index is 1.84. The van der Waals surface area contributed by atoms with Crippen molar-refractivity contribution >= 4 is 34.6 Å². The van der Waals surface area contributed by atoms with Crippen LogP contribution in [-0.4, -0.2) is 66.2 Å². The van der Waals surface area contributed by atoms with Gasteiger partial charge < -0.3 is 36.0 Å². The van der Waals surface area contributed by atoms with Crippen LogP contribution in [0.2, 0.25) is 0 Å². The topological polar surface area (TPSA) is 125 Å². The molecule has 0 saturated carbocycles. The molecule has 0 fully saturated rings. The van der Waals surface area contributed by atoms with Crippen molar-refractivity contribution in [1.29, 1.82) is 0 Å². The number of methoxy groups -OCH3 is 1. The molecule has 0 saturated heterocycles. The molecule has 0 aliphatic heterocycles. The van der Waals surface area contributed by atoms with Gasteiger partial charge in [-0.3, -0.25) is 0 Å². The molecule has 0 spiro atoms. The second kappa shape index (κ2) is 10.9. The number of hydrogen-bond acceptors (Lipinski definition) is 10. The molecule has 36 heavy (non-hydrogen) atoms. The summed E-state index contributed by atoms with van der Waals surface area (Å²) in [6.07, 6.45) is 1.17. The summed E-state index contributed by atoms with van der Waals surface area (Å²) < 4.78 is 78.5. The summed E-state index contributed by atoms with van der Waals surface area (Å²) in [5.41, 5.74) is 5.92. The standard InChI is InChI=1S/C24H32F2N8O2/c1-24(2,35)14-9-15(25)16(26)10-18(14)30-22-28-13-29-23(32-22)31-19-11-17(27)20(12-21(19)36-6)34(5)8-7-33(3)4/h9-13,35H,7-8,27H2,1-6H3,(H2,28,29,30,31,32)/i3D3,4D3. The fourth-order valence-electron chi connectivity index (χ4n) is 3.37. The zero-order valence-electron chi connectivity index (χ0n) is 26.2. The summed E-state index contributed by atoms with van der Waals surface area (Å²) in [4.78, 5) is 14.3. The first-order chi connectivity index (χ1) is 19.3. The van der Waals surface area contributed by atoms with E-state index in [0.717, 1.165) is 12.1 Å². The van der Waals surface area contributed by atoms with E-state index >= 15 is 0 Å². The number of anilines is 6. The van der Waals surface area contributed by atoms with Crippen molar-refractivity contribution in [3.8, 4) is 5.75 Å². The molecule has 0 radical (unpaired) electrons. The van der Waals surface area contributed by atoms with E-state index in [9.17, 15) is 13.9 Å². The minimum Gasteiger partial charge on any atom is -0.494 e. The van der Waals surface area contributed by atoms with Crippen molar-refractivity contribution in [3.05, 3.63) is 47.8 Å². The number of aromatic nitrogens is 3. The fourth-order valence-corrected chi connectivity index (χ4v) is 3.37. The molecule has 0 unspecified atom stereocenters. The van der Waals surface area contributed by atoms with Gasteiger partial charge in [-0.15, -0.1) is 0 Å². The molecular formula is C24H32F2N8O2. The Morgan fingerprint density at radius 1 is 1.06 bits per heavy atom. The van der Waals surface area contributed by atoms with E-state index in [1.165, 1.54) is 33.4 Å². The quantitative estimate of drug-likeness (QED) is 0.303. The molecule has 0 aliphatic rings. The van der Waals surface area contributed by atoms with Crippen molar-refractivity contribution in [2.75, 3.05) is 62.5 Å². The average Bonchev–Trinajstić information content (AvgIpc) is 2.84. The molecule has 3 rings (SSSR count). The summed E-state index contributed by atoms with van der Waals surface area (Å²) in [6, 6.07) is 4.86. The molecular weight excluding hydrogens is 470 g/mol. The third kappa shape index (κ3) is 6.46. The molecule has 0 atom stereocenters. The monoisotopic (exact) mass is 508 g/mol. The Bertz CT molecular complexity index is 1410. The van der Waals surface area contributed by atoms with Gasteiger partial charge in [-0.2, -0.15) is 4.98 Å². The van der Waals surface area contributed by atoms with Gasteiger partial charge in [0, 0.05) is 46.1 Å². The maximum atomic E-state index is 14.0. The van der Waals surface area contributed by atoms with Crippen LogP contribution in [0.3, 0.4) is 0 Å². The van der Waals surface area contributed by atoms with Crippen molar-refractivity contribution in [1.82, 2.24) is 19.9 Å². The highest BCUT2D eigenvalue weighted by Crippen LogP contribution is 2.36. The second-order valence-electron chi connectivity index (χ2n) is 8.44. The number of nitrogen functional groups attached to an aromatic ring is 1. The molecule has 0 bridgehead atoms. The Hall–Kier alpha value is -3.77. The molecule has 2 aromatic carbocycles. The highest BCUT2D eigenvalue weighted by Gasteiger charge is 2.23. The van der Waals surface area contributed by atoms with Gasteiger partial charge in [-0.25, -0.2) is 18.7 Å². The first kappa shape index (κ1) is 19.4. The second-order valence-corrected chi connectivity index (χ2v) is 8.44. The van der Waals surface area contributed by atoms with Crippen LogP contribution in [0.4, 0.5) is 43.4 Å². The molecule has 10 nitrogen and oxygen atoms in total. The van der Waals surface area contributed by atoms with Crippen LogP contribution >= 0.6 is 0 Å². The van der Waals surface area contributed by atoms with Crippen molar-refractivity contribution in [2.24, 2.45) is 0 Å². The molecule has 1 aromatic heterocycles. The van der Waals surface area contributed by atoms with Crippen LogP contribution in [0.15, 0.2) is 30.6 Å². The molecule has 1 heterocycles. The zero-order chi connectivity index (χ0) is 31.6. The van der Waals surface area contributed by atoms with Gasteiger partial charge in [0.25, 0.3) is 0 Å². The van der Waals surface area contributed by atoms with E-state index in [-0.39, 0.29) is 41.9 Å². The number of halogens is 2. The number of hydrogen-bond donors (Lipinski definition) is 4. The van der Waals surface area contributed by atoms with Gasteiger partial charge in [0.15, 0.2) is 11.6 Å². The van der Waals surface area contributed by atoms with E-state index in [0.29, 0.717) is 22.0 Å². The fraction of sp³-hybridized carbons (Fsp3) is 0.375. The minimum atomic E-state index is -2.82. The smallest absolute Gasteiger partial charge is 0.232 e. The van der Waals surface area contributed by atoms with E-state index in [1.54, 1.807) is 18.0 Å². The van der Waals surface area contributed by atoms with Gasteiger partial charge >= 0.3 is 0 Å². The van der Waals surface area contributed by atoms with Crippen LogP contribution in [-0.2, 0) is 5.60 Å². The lowest BCUT2D eigenvalue weighted by Crippen LogP contribution is -2.29. The molecule has 5 N–H and O–H groups in total. The van der Waals surface area contributed by atoms with Crippen LogP contribution < -0.4 is 26.0 Å². The summed E-state index contributed by atoms with van der Waals surface area (Å²) in [6.45, 7) is -3.07. The van der Waals surface area contributed by atoms with Crippen molar-refractivity contribution in [2.45, 2.75) is 19.4 Å². The van der Waals surface area contributed by atoms with Crippen LogP contribution in [0.5, 0.6) is 5.75 Å². The van der Waals surface area contributed by atoms with E-state index in [2.05, 4.69) is 25.6 Å². The van der Waals surface area contributed by atoms with Gasteiger partial charge in [-0.05, 0) is 39.9 Å². The van der Waals surface area contributed by atoms with Crippen molar-refractivity contribution < 1.29 is 26.8 Å². The number of nitrogens with zero attached hydrogens (tertiary/aromatic N) is 5. The predicted molar refractivity (Wildman–Crippen MR) is 137 cm³/mol. The number of nitrogens with one attached hydrogen (secondary N) is 2. The lowest BCUT2D eigenvalue weighted by Gasteiger charge is -2.24. The molecule has 194 valence electrons. The molecule has 0 aliphatic carbocycles. The Morgan fingerprint density at radius 2 is 1.69 bits per heavy atom. The molecule has 0 amide bonds. The lowest BCUT2D eigenvalue weighted by molar-refractivity contribution is 0.0789. The lowest BCUT2D eigenvalue weighted by atomic mass is 9.96. The van der Waals surface area contributed by atoms with Crippen LogP contribution in [0.25, 0.3) is 0 Å². The number of ether oxygens (including phenoxy) is 1. The van der Waals surface area contributed by atoms with Gasteiger partial charge in [-0.1, -0.05) is 0 Å². The summed E-state index contributed by atoms with van der Waals surface area (Å²) in [5, 5.41) is 16.1. The summed E-state index contributed by atoms with van der Waals surface area (Å²) in [7, 11) is 3.03. The van der Waals surface area contributed by atoms with E-state index in [1.807, 2.05) is 0 Å². The van der Waals surface area contributed by atoms with E-state index in [4.69, 9.17) is 18.7 Å². The Morgan fingerprint density at radius 3 is 2.31 bits per heavy atom. The van der Waals surface area contributed by atoms with Crippen LogP contribution in [0.1, 0.15) is 27.6 Å². The number of aliphatic hydroxyl groups is 1. The summed E-state index contributed by atoms with van der Waals surface area (Å²) >= 11 is 0. The minimum absolute atomic E-state index is 0.0238. The first-order valence-electron chi connectivity index (χ1n) is 13.7. The maximum Gasteiger partial charge on any atom is 0.232 e. The highest BCUT2D eigenvalue weighted by molar-refractivity contribution is 5.79. The SMILES string of the molecule is [2H]C([2H])([2H])N(CCN(C)c1cc(OC)c(Nc2ncnc(Nc3cc(F)c(F)cc3C(C)(C)O)n2)cc1N)C([2H])([2H])[2H]. The molecule has 3 aromatic rings. The predicted octanol–water partition coefficient (Wildman–Crippen LogP) is 3.45. The maximum absolute atomic E-state index is 14.0. The average molecular weight is 509 g/mol. The largest absolute Gasteiger partial charge is 0.494 e. The third-order valence-corrected chi connectivity index (χ3v) is 5.20. The first-order valence-corrected chi connectivity index (χ1v) is 10.7. The number of nitrogens with two attached hydrogens (primary N) is 1. The van der Waals surface area contributed by atoms with Gasteiger partial charge in [0.05, 0.1) is 35.5 Å². The van der Waals surface area contributed by atoms with E-state index < -0.39 is 31.2 Å². The Kier molecular flexibility index (Phi) is 5.87. The normalized spacial score (nSPS) is 14.7. The number of likely N-dealkylation sites (N-methyl/N-ethyl adjacent to an activating group) is 2. The van der Waals surface area contributed by atoms with Gasteiger partial charge in [0.2, 0.25) is 11.9 Å². The number of rotatable bonds is 10.